The predicted molar refractivity (Wildman–Crippen MR) is 74.8 cm³/mol. The molecule has 1 heterocycles. The lowest BCUT2D eigenvalue weighted by Gasteiger charge is -2.24. The average Bonchev–Trinajstić information content (AvgIpc) is 2.24. The topological polar surface area (TPSA) is 89.5 Å². The smallest absolute Gasteiger partial charge is 0.415 e. The fourth-order valence-electron chi connectivity index (χ4n) is 1.17. The monoisotopic (exact) mass is 321 g/mol. The fourth-order valence-corrected chi connectivity index (χ4v) is 1.89. The molecule has 0 saturated heterocycles. The number of anilines is 1. The lowest BCUT2D eigenvalue weighted by molar-refractivity contribution is 0.0588. The summed E-state index contributed by atoms with van der Waals surface area (Å²) in [5.41, 5.74) is -0.690. The molecule has 0 N–H and O–H groups in total. The highest BCUT2D eigenvalue weighted by Gasteiger charge is 2.24. The van der Waals surface area contributed by atoms with Gasteiger partial charge in [-0.05, 0) is 20.8 Å². The lowest BCUT2D eigenvalue weighted by Crippen LogP contribution is -2.35. The van der Waals surface area contributed by atoms with E-state index in [2.05, 4.69) is 9.97 Å². The van der Waals surface area contributed by atoms with Gasteiger partial charge in [-0.25, -0.2) is 18.2 Å². The van der Waals surface area contributed by atoms with Crippen molar-refractivity contribution >= 4 is 33.3 Å². The number of nitrogens with zero attached hydrogens (tertiary/aromatic N) is 3. The second-order valence-corrected chi connectivity index (χ2v) is 7.45. The second-order valence-electron chi connectivity index (χ2n) is 5.14. The van der Waals surface area contributed by atoms with Crippen LogP contribution >= 0.6 is 11.6 Å². The van der Waals surface area contributed by atoms with Crippen LogP contribution in [0.15, 0.2) is 11.4 Å². The zero-order valence-electron chi connectivity index (χ0n) is 11.8. The van der Waals surface area contributed by atoms with Crippen molar-refractivity contribution in [3.63, 3.8) is 0 Å². The van der Waals surface area contributed by atoms with Crippen molar-refractivity contribution in [3.8, 4) is 0 Å². The van der Waals surface area contributed by atoms with Gasteiger partial charge in [0.05, 0.1) is 6.20 Å². The number of carbonyl (C=O) groups is 1. The number of hydrogen-bond donors (Lipinski definition) is 0. The van der Waals surface area contributed by atoms with Gasteiger partial charge < -0.3 is 4.74 Å². The third kappa shape index (κ3) is 4.31. The molecular weight excluding hydrogens is 306 g/mol. The van der Waals surface area contributed by atoms with Crippen LogP contribution in [-0.2, 0) is 14.6 Å². The van der Waals surface area contributed by atoms with E-state index in [-0.39, 0.29) is 10.8 Å². The van der Waals surface area contributed by atoms with Crippen LogP contribution in [0.5, 0.6) is 0 Å². The fraction of sp³-hybridized carbons (Fsp3) is 0.545. The minimum atomic E-state index is -3.60. The van der Waals surface area contributed by atoms with Gasteiger partial charge >= 0.3 is 6.09 Å². The molecule has 0 aliphatic heterocycles. The van der Waals surface area contributed by atoms with E-state index in [0.717, 1.165) is 17.4 Å². The molecule has 9 heteroatoms. The Morgan fingerprint density at radius 2 is 1.95 bits per heavy atom. The van der Waals surface area contributed by atoms with Crippen LogP contribution in [0, 0.1) is 0 Å². The maximum atomic E-state index is 11.9. The van der Waals surface area contributed by atoms with Crippen molar-refractivity contribution < 1.29 is 17.9 Å². The third-order valence-corrected chi connectivity index (χ3v) is 3.15. The summed E-state index contributed by atoms with van der Waals surface area (Å²) in [5.74, 6) is -0.0312. The van der Waals surface area contributed by atoms with Gasteiger partial charge in [-0.3, -0.25) is 4.90 Å². The third-order valence-electron chi connectivity index (χ3n) is 2.02. The van der Waals surface area contributed by atoms with E-state index in [1.165, 1.54) is 7.05 Å². The van der Waals surface area contributed by atoms with Crippen LogP contribution in [0.2, 0.25) is 5.02 Å². The SMILES string of the molecule is CN(C(=O)OC(C)(C)C)c1nc(S(C)(=O)=O)ncc1Cl. The van der Waals surface area contributed by atoms with Crippen molar-refractivity contribution in [1.82, 2.24) is 9.97 Å². The van der Waals surface area contributed by atoms with E-state index in [9.17, 15) is 13.2 Å². The first kappa shape index (κ1) is 16.6. The molecule has 112 valence electrons. The van der Waals surface area contributed by atoms with Crippen molar-refractivity contribution in [1.29, 1.82) is 0 Å². The average molecular weight is 322 g/mol. The number of hydrogen-bond acceptors (Lipinski definition) is 6. The molecule has 0 radical (unpaired) electrons. The first-order valence-corrected chi connectivity index (χ1v) is 7.88. The number of halogens is 1. The van der Waals surface area contributed by atoms with Gasteiger partial charge in [-0.2, -0.15) is 4.98 Å². The van der Waals surface area contributed by atoms with Crippen LogP contribution in [0.3, 0.4) is 0 Å². The van der Waals surface area contributed by atoms with Crippen LogP contribution in [0.25, 0.3) is 0 Å². The molecule has 1 rings (SSSR count). The Morgan fingerprint density at radius 1 is 1.40 bits per heavy atom. The molecule has 0 aliphatic carbocycles. The van der Waals surface area contributed by atoms with Crippen LogP contribution < -0.4 is 4.90 Å². The Labute approximate surface area is 122 Å². The van der Waals surface area contributed by atoms with E-state index >= 15 is 0 Å². The predicted octanol–water partition coefficient (Wildman–Crippen LogP) is 1.90. The first-order chi connectivity index (χ1) is 8.92. The number of ether oxygens (including phenoxy) is 1. The highest BCUT2D eigenvalue weighted by atomic mass is 35.5. The molecule has 1 aromatic heterocycles. The Kier molecular flexibility index (Phi) is 4.60. The maximum Gasteiger partial charge on any atom is 0.415 e. The largest absolute Gasteiger partial charge is 0.443 e. The Morgan fingerprint density at radius 3 is 2.40 bits per heavy atom. The summed E-state index contributed by atoms with van der Waals surface area (Å²) in [7, 11) is -2.21. The normalized spacial score (nSPS) is 12.1. The molecule has 7 nitrogen and oxygen atoms in total. The standard InChI is InChI=1S/C11H16ClN3O4S/c1-11(2,3)19-10(16)15(4)8-7(12)6-13-9(14-8)20(5,17)18/h6H,1-5H3. The molecule has 0 bridgehead atoms. The zero-order chi connectivity index (χ0) is 15.7. The molecule has 0 aliphatic rings. The quantitative estimate of drug-likeness (QED) is 0.773. The summed E-state index contributed by atoms with van der Waals surface area (Å²) >= 11 is 5.89. The van der Waals surface area contributed by atoms with E-state index in [4.69, 9.17) is 16.3 Å². The highest BCUT2D eigenvalue weighted by molar-refractivity contribution is 7.90. The van der Waals surface area contributed by atoms with Gasteiger partial charge in [0.25, 0.3) is 0 Å². The highest BCUT2D eigenvalue weighted by Crippen LogP contribution is 2.24. The molecule has 0 aromatic carbocycles. The number of amides is 1. The zero-order valence-corrected chi connectivity index (χ0v) is 13.4. The van der Waals surface area contributed by atoms with Crippen molar-refractivity contribution in [2.45, 2.75) is 31.5 Å². The Balaban J connectivity index is 3.16. The summed E-state index contributed by atoms with van der Waals surface area (Å²) in [6.07, 6.45) is 1.40. The first-order valence-electron chi connectivity index (χ1n) is 5.61. The van der Waals surface area contributed by atoms with Gasteiger partial charge in [-0.1, -0.05) is 11.6 Å². The number of sulfone groups is 1. The Hall–Kier alpha value is -1.41. The van der Waals surface area contributed by atoms with Crippen LogP contribution in [0.1, 0.15) is 20.8 Å². The molecule has 0 unspecified atom stereocenters. The molecular formula is C11H16ClN3O4S. The van der Waals surface area contributed by atoms with E-state index in [1.807, 2.05) is 0 Å². The van der Waals surface area contributed by atoms with Gasteiger partial charge in [0.15, 0.2) is 5.82 Å². The minimum Gasteiger partial charge on any atom is -0.443 e. The van der Waals surface area contributed by atoms with Crippen molar-refractivity contribution in [2.24, 2.45) is 0 Å². The number of carbonyl (C=O) groups excluding carboxylic acids is 1. The number of aromatic nitrogens is 2. The van der Waals surface area contributed by atoms with Crippen molar-refractivity contribution in [2.75, 3.05) is 18.2 Å². The minimum absolute atomic E-state index is 0.0312. The van der Waals surface area contributed by atoms with E-state index in [1.54, 1.807) is 20.8 Å². The van der Waals surface area contributed by atoms with Crippen LogP contribution in [-0.4, -0.2) is 43.4 Å². The van der Waals surface area contributed by atoms with Crippen molar-refractivity contribution in [3.05, 3.63) is 11.2 Å². The molecule has 20 heavy (non-hydrogen) atoms. The molecule has 0 fully saturated rings. The number of rotatable bonds is 2. The Bertz CT molecular complexity index is 625. The summed E-state index contributed by atoms with van der Waals surface area (Å²) in [6.45, 7) is 5.13. The summed E-state index contributed by atoms with van der Waals surface area (Å²) in [6, 6.07) is 0. The van der Waals surface area contributed by atoms with Gasteiger partial charge in [0, 0.05) is 13.3 Å². The molecule has 1 aromatic rings. The molecule has 1 amide bonds. The molecule has 0 atom stereocenters. The van der Waals surface area contributed by atoms with Gasteiger partial charge in [-0.15, -0.1) is 0 Å². The maximum absolute atomic E-state index is 11.9. The summed E-state index contributed by atoms with van der Waals surface area (Å²) in [5, 5.41) is -0.363. The summed E-state index contributed by atoms with van der Waals surface area (Å²) < 4.78 is 28.0. The summed E-state index contributed by atoms with van der Waals surface area (Å²) in [4.78, 5) is 20.3. The van der Waals surface area contributed by atoms with Gasteiger partial charge in [0.1, 0.15) is 10.6 Å². The lowest BCUT2D eigenvalue weighted by atomic mass is 10.2. The van der Waals surface area contributed by atoms with Gasteiger partial charge in [0.2, 0.25) is 15.0 Å². The van der Waals surface area contributed by atoms with E-state index < -0.39 is 26.7 Å². The van der Waals surface area contributed by atoms with E-state index in [0.29, 0.717) is 0 Å². The van der Waals surface area contributed by atoms with Crippen LogP contribution in [0.4, 0.5) is 10.6 Å². The second kappa shape index (κ2) is 5.53. The molecule has 0 saturated carbocycles. The molecule has 0 spiro atoms.